The lowest BCUT2D eigenvalue weighted by Crippen LogP contribution is -1.98. The number of benzene rings is 14. The van der Waals surface area contributed by atoms with Crippen LogP contribution in [-0.4, -0.2) is 92.3 Å². The highest BCUT2D eigenvalue weighted by molar-refractivity contribution is 7.26. The maximum Gasteiger partial charge on any atom is 0.337 e. The zero-order valence-electron chi connectivity index (χ0n) is 77.6. The summed E-state index contributed by atoms with van der Waals surface area (Å²) in [7, 11) is 0. The van der Waals surface area contributed by atoms with Crippen molar-refractivity contribution >= 4 is 250 Å². The number of hydrogen-bond donors (Lipinski definition) is 0. The Morgan fingerprint density at radius 2 is 0.583 bits per heavy atom. The lowest BCUT2D eigenvalue weighted by molar-refractivity contribution is 0.401. The highest BCUT2D eigenvalue weighted by Crippen LogP contribution is 2.48. The normalized spacial score (nSPS) is 11.9. The molecule has 0 aliphatic carbocycles. The van der Waals surface area contributed by atoms with Crippen LogP contribution in [0.15, 0.2) is 368 Å². The van der Waals surface area contributed by atoms with Gasteiger partial charge in [0, 0.05) is 63.9 Å². The summed E-state index contributed by atoms with van der Waals surface area (Å²) >= 11 is 5.08. The fourth-order valence-corrected chi connectivity index (χ4v) is 23.3. The van der Waals surface area contributed by atoms with Crippen molar-refractivity contribution in [3.63, 3.8) is 0 Å². The molecule has 0 N–H and O–H groups in total. The van der Waals surface area contributed by atoms with Gasteiger partial charge < -0.3 is 40.3 Å². The Hall–Kier alpha value is -18.7. The number of aromatic nitrogens is 19. The summed E-state index contributed by atoms with van der Waals surface area (Å²) in [6.45, 7) is 13.5. The molecule has 31 heteroatoms. The molecule has 0 unspecified atom stereocenters. The van der Waals surface area contributed by atoms with Gasteiger partial charge in [0.15, 0.2) is 27.4 Å². The van der Waals surface area contributed by atoms with E-state index in [1.807, 2.05) is 273 Å². The summed E-state index contributed by atoms with van der Waals surface area (Å²) in [6.07, 6.45) is 0. The Kier molecular flexibility index (Phi) is 19.9. The molecule has 19 aromatic heterocycles. The Morgan fingerprint density at radius 3 is 1.06 bits per heavy atom. The summed E-state index contributed by atoms with van der Waals surface area (Å²) in [5.74, 6) is 3.75. The summed E-state index contributed by atoms with van der Waals surface area (Å²) in [5.41, 5.74) is 19.0. The molecule has 33 rings (SSSR count). The van der Waals surface area contributed by atoms with Crippen LogP contribution in [0.25, 0.3) is 268 Å². The molecule has 0 fully saturated rings. The van der Waals surface area contributed by atoms with E-state index in [1.165, 1.54) is 31.1 Å². The highest BCUT2D eigenvalue weighted by Gasteiger charge is 2.31. The summed E-state index contributed by atoms with van der Waals surface area (Å²) in [5, 5.41) is 36.8. The van der Waals surface area contributed by atoms with Gasteiger partial charge in [-0.15, -0.1) is 11.3 Å². The minimum atomic E-state index is 0.322. The number of nitrogens with zero attached hydrogens (tertiary/aromatic N) is 19. The molecule has 0 bridgehead atoms. The van der Waals surface area contributed by atoms with Crippen LogP contribution in [0, 0.1) is 20.8 Å². The van der Waals surface area contributed by atoms with E-state index in [-0.39, 0.29) is 0 Å². The van der Waals surface area contributed by atoms with Gasteiger partial charge >= 0.3 is 18.0 Å². The third-order valence-electron chi connectivity index (χ3n) is 25.7. The van der Waals surface area contributed by atoms with Crippen LogP contribution in [0.4, 0.5) is 0 Å². The molecule has 0 spiro atoms. The lowest BCUT2D eigenvalue weighted by Gasteiger charge is -2.00. The third kappa shape index (κ3) is 13.2. The predicted molar refractivity (Wildman–Crippen MR) is 569 cm³/mol. The van der Waals surface area contributed by atoms with Gasteiger partial charge in [-0.05, 0) is 140 Å². The van der Waals surface area contributed by atoms with Crippen LogP contribution in [0.2, 0.25) is 0 Å². The zero-order chi connectivity index (χ0) is 96.2. The lowest BCUT2D eigenvalue weighted by atomic mass is 10.1. The molecule has 33 aromatic rings. The van der Waals surface area contributed by atoms with Gasteiger partial charge in [0.2, 0.25) is 22.9 Å². The largest absolute Gasteiger partial charge is 0.439 e. The van der Waals surface area contributed by atoms with E-state index in [4.69, 9.17) is 60.2 Å². The summed E-state index contributed by atoms with van der Waals surface area (Å²) in [6, 6.07) is 111. The first-order valence-corrected chi connectivity index (χ1v) is 49.4. The number of aryl methyl sites for hydroxylation is 3. The van der Waals surface area contributed by atoms with Crippen molar-refractivity contribution in [1.29, 1.82) is 0 Å². The molecule has 0 saturated heterocycles. The predicted octanol–water partition coefficient (Wildman–Crippen LogP) is 30.4. The molecule has 0 saturated carbocycles. The number of hydrogen-bond acceptors (Lipinski definition) is 24. The van der Waals surface area contributed by atoms with Gasteiger partial charge in [0.1, 0.15) is 32.7 Å². The zero-order valence-corrected chi connectivity index (χ0v) is 80.0. The minimum absolute atomic E-state index is 0.322. The van der Waals surface area contributed by atoms with Crippen molar-refractivity contribution < 1.29 is 40.3 Å². The Labute approximate surface area is 822 Å². The van der Waals surface area contributed by atoms with E-state index in [2.05, 4.69) is 175 Å². The van der Waals surface area contributed by atoms with Crippen molar-refractivity contribution in [2.45, 2.75) is 48.5 Å². The molecule has 14 aromatic carbocycles. The van der Waals surface area contributed by atoms with Crippen LogP contribution >= 0.6 is 34.0 Å². The second kappa shape index (κ2) is 33.8. The van der Waals surface area contributed by atoms with Crippen LogP contribution < -0.4 is 0 Å². The molecule has 694 valence electrons. The average Bonchev–Trinajstić information content (AvgIpc) is 1.57. The standard InChI is InChI=1S/2C30H16N4O3.C17H11N3OS.2C16H10N4OS.2C2H6/c2*1-5-13-21-17(9-1)25-19-11-3-7-15-23(19)35-27(25)33(21)29-31-30(37-32-29)34-22-14-6-2-10-18(22)26-20-12-4-8-16-24(20)36-28(26)34;1-10-18-17(21-19-10)20-13-8-4-2-6-11(13)15-12-7-3-5-9-14(12)22-16(15)20;1-9-17-15(21-19-9)10-5-4-7-12-14(10)18-16-20(12)11-6-2-3-8-13(11)22-16;1-9-17-15(21-19-9)10-5-4-8-13-14(10)22-16-18-11-6-2-3-7-12(11)20(13)16;2*1-2/h2*1-16H;2-9H,1H3;2*2-8H,1H3;2*1-2H3. The molecule has 0 radical (unpaired) electrons. The molecule has 0 atom stereocenters. The Balaban J connectivity index is 0.0000000907. The van der Waals surface area contributed by atoms with Crippen LogP contribution in [0.3, 0.4) is 0 Å². The molecule has 28 nitrogen and oxygen atoms in total. The number of furan rings is 4. The molecule has 19 heterocycles. The van der Waals surface area contributed by atoms with E-state index < -0.39 is 0 Å². The van der Waals surface area contributed by atoms with Crippen LogP contribution in [0.5, 0.6) is 0 Å². The first-order chi connectivity index (χ1) is 71.2. The number of imidazole rings is 2. The Morgan fingerprint density at radius 1 is 0.236 bits per heavy atom. The monoisotopic (exact) mass is 1940 g/mol. The van der Waals surface area contributed by atoms with Crippen molar-refractivity contribution in [3.05, 3.63) is 345 Å². The van der Waals surface area contributed by atoms with Gasteiger partial charge in [0.05, 0.1) is 97.2 Å². The molecular weight excluding hydrogens is 1860 g/mol. The summed E-state index contributed by atoms with van der Waals surface area (Å²) in [4.78, 5) is 35.4. The van der Waals surface area contributed by atoms with E-state index in [0.29, 0.717) is 82.0 Å². The van der Waals surface area contributed by atoms with Crippen LogP contribution in [-0.2, 0) is 0 Å². The van der Waals surface area contributed by atoms with Gasteiger partial charge in [-0.25, -0.2) is 28.2 Å². The average molecular weight is 1940 g/mol. The van der Waals surface area contributed by atoms with E-state index >= 15 is 0 Å². The second-order valence-corrected chi connectivity index (χ2v) is 36.8. The first-order valence-electron chi connectivity index (χ1n) is 46.9. The molecular formula is C113H75N19O9S3. The third-order valence-corrected chi connectivity index (χ3v) is 29.0. The van der Waals surface area contributed by atoms with E-state index in [0.717, 1.165) is 173 Å². The van der Waals surface area contributed by atoms with Crippen molar-refractivity contribution in [2.75, 3.05) is 0 Å². The SMILES string of the molecule is CC.CC.Cc1noc(-c2cccc3c2nc2sc4ccccc4n23)n1.Cc1noc(-c2cccc3c2sc2nc4ccccc4n23)n1.Cc1noc(-n2c3ccccc3c3c4ccccc4sc32)n1.c1ccc2c(c1)oc1c2c2ccccc2n1-c1noc(-n2c3ccccc3c3c4ccccc4oc32)n1.c1ccc2c(c1)oc1c2c2ccccc2n1-c1noc(-n2c3ccccc3c3c4ccccc4oc32)n1. The Bertz CT molecular complexity index is 10000. The van der Waals surface area contributed by atoms with Crippen molar-refractivity contribution in [2.24, 2.45) is 0 Å². The number of rotatable bonds is 7. The quantitative estimate of drug-likeness (QED) is 0.143. The molecule has 144 heavy (non-hydrogen) atoms. The molecule has 0 amide bonds. The number of thiophene rings is 1. The topological polar surface area (TPSA) is 306 Å². The minimum Gasteiger partial charge on any atom is -0.439 e. The maximum atomic E-state index is 6.32. The number of thiazole rings is 2. The fourth-order valence-electron chi connectivity index (χ4n) is 19.9. The number of para-hydroxylation sites is 13. The van der Waals surface area contributed by atoms with Crippen molar-refractivity contribution in [3.8, 4) is 52.8 Å². The van der Waals surface area contributed by atoms with E-state index in [1.54, 1.807) is 34.0 Å². The van der Waals surface area contributed by atoms with Gasteiger partial charge in [-0.1, -0.05) is 284 Å². The van der Waals surface area contributed by atoms with Gasteiger partial charge in [-0.2, -0.15) is 24.9 Å². The number of fused-ring (bicyclic) bond motifs is 35. The van der Waals surface area contributed by atoms with Gasteiger partial charge in [0.25, 0.3) is 23.7 Å². The van der Waals surface area contributed by atoms with Crippen LogP contribution in [0.1, 0.15) is 45.2 Å². The van der Waals surface area contributed by atoms with Crippen molar-refractivity contribution in [1.82, 2.24) is 92.3 Å². The highest BCUT2D eigenvalue weighted by atomic mass is 32.1. The fraction of sp³-hybridized carbons (Fsp3) is 0.0619. The van der Waals surface area contributed by atoms with Gasteiger partial charge in [-0.3, -0.25) is 13.4 Å². The summed E-state index contributed by atoms with van der Waals surface area (Å²) < 4.78 is 70.8. The maximum absolute atomic E-state index is 6.32. The smallest absolute Gasteiger partial charge is 0.337 e. The second-order valence-electron chi connectivity index (χ2n) is 33.8. The molecule has 0 aliphatic rings. The first kappa shape index (κ1) is 84.6. The van der Waals surface area contributed by atoms with E-state index in [9.17, 15) is 0 Å². The molecule has 0 aliphatic heterocycles.